The molecule has 0 radical (unpaired) electrons. The maximum atomic E-state index is 12.0. The molecule has 0 aromatic carbocycles. The lowest BCUT2D eigenvalue weighted by Gasteiger charge is -2.40. The SMILES string of the molecule is C[C@@H]1C=C[C@H](O)[C@H]2O[C@@]3(C)OC(=O)[C@@]12[C@H]3O. The number of allylic oxidation sites excluding steroid dienone is 1. The van der Waals surface area contributed by atoms with Crippen molar-refractivity contribution < 1.29 is 24.5 Å². The van der Waals surface area contributed by atoms with Crippen molar-refractivity contribution in [3.8, 4) is 0 Å². The van der Waals surface area contributed by atoms with Crippen LogP contribution >= 0.6 is 0 Å². The molecule has 0 aromatic rings. The Morgan fingerprint density at radius 2 is 2.06 bits per heavy atom. The molecule has 2 bridgehead atoms. The molecule has 16 heavy (non-hydrogen) atoms. The lowest BCUT2D eigenvalue weighted by molar-refractivity contribution is -0.253. The van der Waals surface area contributed by atoms with Crippen molar-refractivity contribution in [2.45, 2.75) is 37.9 Å². The Labute approximate surface area is 92.7 Å². The highest BCUT2D eigenvalue weighted by Crippen LogP contribution is 2.59. The van der Waals surface area contributed by atoms with Gasteiger partial charge in [0, 0.05) is 6.92 Å². The number of aliphatic hydroxyl groups is 2. The first kappa shape index (κ1) is 10.3. The van der Waals surface area contributed by atoms with Gasteiger partial charge in [-0.2, -0.15) is 0 Å². The van der Waals surface area contributed by atoms with E-state index in [1.807, 2.05) is 6.92 Å². The first-order valence-electron chi connectivity index (χ1n) is 5.38. The van der Waals surface area contributed by atoms with Crippen LogP contribution in [0.2, 0.25) is 0 Å². The zero-order valence-electron chi connectivity index (χ0n) is 9.08. The van der Waals surface area contributed by atoms with E-state index in [-0.39, 0.29) is 5.92 Å². The summed E-state index contributed by atoms with van der Waals surface area (Å²) in [5, 5.41) is 20.0. The van der Waals surface area contributed by atoms with E-state index < -0.39 is 35.5 Å². The number of aliphatic hydroxyl groups excluding tert-OH is 2. The van der Waals surface area contributed by atoms with Gasteiger partial charge in [0.25, 0.3) is 0 Å². The van der Waals surface area contributed by atoms with Gasteiger partial charge >= 0.3 is 5.97 Å². The van der Waals surface area contributed by atoms with Crippen LogP contribution in [0.5, 0.6) is 0 Å². The first-order valence-corrected chi connectivity index (χ1v) is 5.38. The molecule has 2 aliphatic heterocycles. The third-order valence-electron chi connectivity index (χ3n) is 4.09. The van der Waals surface area contributed by atoms with E-state index in [4.69, 9.17) is 9.47 Å². The van der Waals surface area contributed by atoms with Crippen LogP contribution < -0.4 is 0 Å². The second-order valence-corrected chi connectivity index (χ2v) is 4.94. The summed E-state index contributed by atoms with van der Waals surface area (Å²) >= 11 is 0. The van der Waals surface area contributed by atoms with Gasteiger partial charge in [0.2, 0.25) is 5.79 Å². The Morgan fingerprint density at radius 3 is 2.62 bits per heavy atom. The minimum atomic E-state index is -1.32. The molecule has 2 saturated heterocycles. The predicted molar refractivity (Wildman–Crippen MR) is 52.1 cm³/mol. The maximum Gasteiger partial charge on any atom is 0.320 e. The van der Waals surface area contributed by atoms with E-state index in [2.05, 4.69) is 0 Å². The Bertz CT molecular complexity index is 392. The predicted octanol–water partition coefficient (Wildman–Crippen LogP) is -0.428. The van der Waals surface area contributed by atoms with Gasteiger partial charge in [0.15, 0.2) is 0 Å². The second kappa shape index (κ2) is 2.67. The Kier molecular flexibility index (Phi) is 1.71. The van der Waals surface area contributed by atoms with Gasteiger partial charge in [-0.3, -0.25) is 4.79 Å². The van der Waals surface area contributed by atoms with Crippen LogP contribution in [0, 0.1) is 11.3 Å². The second-order valence-electron chi connectivity index (χ2n) is 4.94. The topological polar surface area (TPSA) is 76.0 Å². The van der Waals surface area contributed by atoms with Gasteiger partial charge in [-0.05, 0) is 5.92 Å². The molecular weight excluding hydrogens is 212 g/mol. The molecule has 3 rings (SSSR count). The minimum absolute atomic E-state index is 0.215. The fourth-order valence-corrected chi connectivity index (χ4v) is 3.17. The summed E-state index contributed by atoms with van der Waals surface area (Å²) in [6.07, 6.45) is 0.706. The van der Waals surface area contributed by atoms with Crippen molar-refractivity contribution in [1.29, 1.82) is 0 Å². The quantitative estimate of drug-likeness (QED) is 0.433. The van der Waals surface area contributed by atoms with Crippen LogP contribution in [0.15, 0.2) is 12.2 Å². The van der Waals surface area contributed by atoms with E-state index in [9.17, 15) is 15.0 Å². The first-order chi connectivity index (χ1) is 7.43. The van der Waals surface area contributed by atoms with Crippen molar-refractivity contribution in [3.63, 3.8) is 0 Å². The van der Waals surface area contributed by atoms with Crippen LogP contribution in [0.1, 0.15) is 13.8 Å². The van der Waals surface area contributed by atoms with Crippen LogP contribution in [0.3, 0.4) is 0 Å². The fraction of sp³-hybridized carbons (Fsp3) is 0.727. The molecule has 0 unspecified atom stereocenters. The Hall–Kier alpha value is -0.910. The van der Waals surface area contributed by atoms with Crippen molar-refractivity contribution in [2.75, 3.05) is 0 Å². The molecule has 0 aromatic heterocycles. The highest BCUT2D eigenvalue weighted by molar-refractivity contribution is 5.84. The minimum Gasteiger partial charge on any atom is -0.430 e. The molecule has 6 atom stereocenters. The zero-order chi connectivity index (χ0) is 11.7. The third-order valence-corrected chi connectivity index (χ3v) is 4.09. The number of carbonyl (C=O) groups excluding carboxylic acids is 1. The van der Waals surface area contributed by atoms with E-state index >= 15 is 0 Å². The lowest BCUT2D eigenvalue weighted by atomic mass is 9.65. The maximum absolute atomic E-state index is 12.0. The molecule has 2 fully saturated rings. The summed E-state index contributed by atoms with van der Waals surface area (Å²) in [6.45, 7) is 3.35. The van der Waals surface area contributed by atoms with Crippen molar-refractivity contribution in [1.82, 2.24) is 0 Å². The molecule has 5 heteroatoms. The third kappa shape index (κ3) is 0.827. The molecule has 3 aliphatic rings. The van der Waals surface area contributed by atoms with Gasteiger partial charge in [0.1, 0.15) is 17.6 Å². The van der Waals surface area contributed by atoms with Crippen LogP contribution in [-0.2, 0) is 14.3 Å². The van der Waals surface area contributed by atoms with Gasteiger partial charge in [-0.1, -0.05) is 19.1 Å². The summed E-state index contributed by atoms with van der Waals surface area (Å²) in [7, 11) is 0. The molecular formula is C11H14O5. The van der Waals surface area contributed by atoms with Crippen LogP contribution in [-0.4, -0.2) is 40.3 Å². The Balaban J connectivity index is 2.19. The number of ether oxygens (including phenoxy) is 2. The number of fused-ring (bicyclic) bond motifs is 1. The summed E-state index contributed by atoms with van der Waals surface area (Å²) in [4.78, 5) is 12.0. The molecule has 5 nitrogen and oxygen atoms in total. The average molecular weight is 226 g/mol. The molecule has 1 spiro atoms. The van der Waals surface area contributed by atoms with Crippen LogP contribution in [0.25, 0.3) is 0 Å². The molecule has 88 valence electrons. The average Bonchev–Trinajstić information content (AvgIpc) is 2.55. The van der Waals surface area contributed by atoms with Gasteiger partial charge in [0.05, 0.1) is 6.10 Å². The van der Waals surface area contributed by atoms with E-state index in [1.165, 1.54) is 6.92 Å². The van der Waals surface area contributed by atoms with Crippen LogP contribution in [0.4, 0.5) is 0 Å². The zero-order valence-corrected chi connectivity index (χ0v) is 9.08. The summed E-state index contributed by atoms with van der Waals surface area (Å²) in [5.74, 6) is -2.01. The van der Waals surface area contributed by atoms with Crippen molar-refractivity contribution in [3.05, 3.63) is 12.2 Å². The van der Waals surface area contributed by atoms with E-state index in [1.54, 1.807) is 12.2 Å². The highest BCUT2D eigenvalue weighted by atomic mass is 16.8. The van der Waals surface area contributed by atoms with E-state index in [0.717, 1.165) is 0 Å². The van der Waals surface area contributed by atoms with Gasteiger partial charge in [-0.15, -0.1) is 0 Å². The summed E-state index contributed by atoms with van der Waals surface area (Å²) in [5.41, 5.74) is -1.15. The summed E-state index contributed by atoms with van der Waals surface area (Å²) in [6, 6.07) is 0. The van der Waals surface area contributed by atoms with Crippen molar-refractivity contribution in [2.24, 2.45) is 11.3 Å². The molecule has 0 amide bonds. The number of rotatable bonds is 0. The van der Waals surface area contributed by atoms with Gasteiger partial charge < -0.3 is 19.7 Å². The largest absolute Gasteiger partial charge is 0.430 e. The number of esters is 1. The standard InChI is InChI=1S/C11H14O5/c1-5-3-4-6(12)7-11(5)8(13)10(2,15-7)16-9(11)14/h3-8,12-13H,1-2H3/t5-,6+,7-,8+,10+,11+/m1/s1. The molecule has 2 N–H and O–H groups in total. The number of carbonyl (C=O) groups is 1. The highest BCUT2D eigenvalue weighted by Gasteiger charge is 2.77. The fourth-order valence-electron chi connectivity index (χ4n) is 3.17. The summed E-state index contributed by atoms with van der Waals surface area (Å²) < 4.78 is 10.6. The normalized spacial score (nSPS) is 58.6. The number of hydrogen-bond donors (Lipinski definition) is 2. The van der Waals surface area contributed by atoms with Crippen molar-refractivity contribution >= 4 is 5.97 Å². The molecule has 2 heterocycles. The lowest BCUT2D eigenvalue weighted by Crippen LogP contribution is -2.55. The monoisotopic (exact) mass is 226 g/mol. The van der Waals surface area contributed by atoms with Gasteiger partial charge in [-0.25, -0.2) is 0 Å². The smallest absolute Gasteiger partial charge is 0.320 e. The number of hydrogen-bond acceptors (Lipinski definition) is 5. The Morgan fingerprint density at radius 1 is 1.38 bits per heavy atom. The molecule has 0 saturated carbocycles. The molecule has 1 aliphatic carbocycles. The van der Waals surface area contributed by atoms with E-state index in [0.29, 0.717) is 0 Å².